The van der Waals surface area contributed by atoms with E-state index in [1.807, 2.05) is 6.07 Å². The molecule has 0 fully saturated rings. The fraction of sp³-hybridized carbons (Fsp3) is 0.250. The summed E-state index contributed by atoms with van der Waals surface area (Å²) in [6, 6.07) is 8.20. The molecule has 3 rings (SSSR count). The Morgan fingerprint density at radius 2 is 2.15 bits per heavy atom. The predicted octanol–water partition coefficient (Wildman–Crippen LogP) is 3.23. The number of nitrogens with zero attached hydrogens (tertiary/aromatic N) is 2. The summed E-state index contributed by atoms with van der Waals surface area (Å²) in [6.07, 6.45) is 5.15. The second kappa shape index (κ2) is 5.43. The SMILES string of the molecule is CCNC(c1cnccn1)c1cc2cc(C)ccc2o1. The number of rotatable bonds is 4. The normalized spacial score (nSPS) is 12.7. The van der Waals surface area contributed by atoms with Crippen LogP contribution >= 0.6 is 0 Å². The average molecular weight is 267 g/mol. The summed E-state index contributed by atoms with van der Waals surface area (Å²) < 4.78 is 5.96. The van der Waals surface area contributed by atoms with E-state index in [0.717, 1.165) is 29.0 Å². The van der Waals surface area contributed by atoms with Crippen LogP contribution in [0.2, 0.25) is 0 Å². The lowest BCUT2D eigenvalue weighted by Crippen LogP contribution is -2.22. The van der Waals surface area contributed by atoms with E-state index in [4.69, 9.17) is 4.42 Å². The average Bonchev–Trinajstić information content (AvgIpc) is 2.88. The van der Waals surface area contributed by atoms with Crippen LogP contribution in [0.15, 0.2) is 47.3 Å². The molecule has 0 aliphatic heterocycles. The lowest BCUT2D eigenvalue weighted by Gasteiger charge is -2.13. The Kier molecular flexibility index (Phi) is 3.48. The molecule has 102 valence electrons. The molecule has 0 aliphatic carbocycles. The lowest BCUT2D eigenvalue weighted by molar-refractivity contribution is 0.470. The van der Waals surface area contributed by atoms with Gasteiger partial charge in [0.1, 0.15) is 17.4 Å². The van der Waals surface area contributed by atoms with E-state index in [-0.39, 0.29) is 6.04 Å². The van der Waals surface area contributed by atoms with Crippen LogP contribution in [0.4, 0.5) is 0 Å². The van der Waals surface area contributed by atoms with Crippen LogP contribution in [-0.4, -0.2) is 16.5 Å². The van der Waals surface area contributed by atoms with E-state index in [2.05, 4.69) is 47.3 Å². The van der Waals surface area contributed by atoms with Crippen molar-refractivity contribution in [2.24, 2.45) is 0 Å². The molecule has 0 aliphatic rings. The van der Waals surface area contributed by atoms with Crippen molar-refractivity contribution in [2.45, 2.75) is 19.9 Å². The predicted molar refractivity (Wildman–Crippen MR) is 78.5 cm³/mol. The molecule has 20 heavy (non-hydrogen) atoms. The molecule has 4 nitrogen and oxygen atoms in total. The van der Waals surface area contributed by atoms with E-state index >= 15 is 0 Å². The topological polar surface area (TPSA) is 51.0 Å². The molecule has 0 amide bonds. The number of hydrogen-bond acceptors (Lipinski definition) is 4. The van der Waals surface area contributed by atoms with Crippen molar-refractivity contribution in [1.82, 2.24) is 15.3 Å². The Hall–Kier alpha value is -2.20. The third-order valence-electron chi connectivity index (χ3n) is 3.26. The van der Waals surface area contributed by atoms with Crippen LogP contribution in [0.5, 0.6) is 0 Å². The minimum Gasteiger partial charge on any atom is -0.459 e. The van der Waals surface area contributed by atoms with Crippen molar-refractivity contribution in [2.75, 3.05) is 6.54 Å². The van der Waals surface area contributed by atoms with Gasteiger partial charge in [-0.3, -0.25) is 9.97 Å². The summed E-state index contributed by atoms with van der Waals surface area (Å²) in [5, 5.41) is 4.51. The molecule has 1 atom stereocenters. The van der Waals surface area contributed by atoms with Gasteiger partial charge in [0.2, 0.25) is 0 Å². The summed E-state index contributed by atoms with van der Waals surface area (Å²) >= 11 is 0. The highest BCUT2D eigenvalue weighted by atomic mass is 16.3. The van der Waals surface area contributed by atoms with E-state index in [9.17, 15) is 0 Å². The van der Waals surface area contributed by atoms with Gasteiger partial charge < -0.3 is 9.73 Å². The maximum Gasteiger partial charge on any atom is 0.134 e. The van der Waals surface area contributed by atoms with Crippen LogP contribution in [0.25, 0.3) is 11.0 Å². The molecule has 1 N–H and O–H groups in total. The van der Waals surface area contributed by atoms with Crippen molar-refractivity contribution in [1.29, 1.82) is 0 Å². The van der Waals surface area contributed by atoms with Gasteiger partial charge in [0, 0.05) is 17.8 Å². The van der Waals surface area contributed by atoms with Crippen LogP contribution < -0.4 is 5.32 Å². The zero-order valence-electron chi connectivity index (χ0n) is 11.6. The molecule has 1 aromatic carbocycles. The molecule has 4 heteroatoms. The Labute approximate surface area is 117 Å². The van der Waals surface area contributed by atoms with Gasteiger partial charge in [-0.05, 0) is 31.7 Å². The number of hydrogen-bond donors (Lipinski definition) is 1. The number of furan rings is 1. The molecule has 0 bridgehead atoms. The molecule has 0 radical (unpaired) electrons. The number of aromatic nitrogens is 2. The first-order chi connectivity index (χ1) is 9.78. The molecule has 0 spiro atoms. The summed E-state index contributed by atoms with van der Waals surface area (Å²) in [6.45, 7) is 4.98. The number of fused-ring (bicyclic) bond motifs is 1. The molecule has 0 saturated heterocycles. The third kappa shape index (κ3) is 2.42. The Morgan fingerprint density at radius 1 is 1.25 bits per heavy atom. The maximum absolute atomic E-state index is 5.96. The minimum atomic E-state index is -0.0681. The summed E-state index contributed by atoms with van der Waals surface area (Å²) in [4.78, 5) is 8.51. The standard InChI is InChI=1S/C16H17N3O/c1-3-18-16(13-10-17-6-7-19-13)15-9-12-8-11(2)4-5-14(12)20-15/h4-10,16,18H,3H2,1-2H3. The van der Waals surface area contributed by atoms with Crippen molar-refractivity contribution in [3.8, 4) is 0 Å². The highest BCUT2D eigenvalue weighted by molar-refractivity contribution is 5.78. The first-order valence-electron chi connectivity index (χ1n) is 6.77. The van der Waals surface area contributed by atoms with E-state index in [0.29, 0.717) is 0 Å². The van der Waals surface area contributed by atoms with Gasteiger partial charge in [0.05, 0.1) is 11.9 Å². The molecular formula is C16H17N3O. The number of aryl methyl sites for hydroxylation is 1. The van der Waals surface area contributed by atoms with Gasteiger partial charge in [-0.25, -0.2) is 0 Å². The zero-order chi connectivity index (χ0) is 13.9. The zero-order valence-corrected chi connectivity index (χ0v) is 11.6. The highest BCUT2D eigenvalue weighted by Gasteiger charge is 2.19. The maximum atomic E-state index is 5.96. The summed E-state index contributed by atoms with van der Waals surface area (Å²) in [7, 11) is 0. The molecule has 1 unspecified atom stereocenters. The van der Waals surface area contributed by atoms with Crippen molar-refractivity contribution in [3.05, 3.63) is 59.9 Å². The second-order valence-electron chi connectivity index (χ2n) is 4.81. The fourth-order valence-electron chi connectivity index (χ4n) is 2.34. The monoisotopic (exact) mass is 267 g/mol. The Bertz CT molecular complexity index is 706. The molecular weight excluding hydrogens is 250 g/mol. The number of benzene rings is 1. The van der Waals surface area contributed by atoms with Crippen LogP contribution in [0, 0.1) is 6.92 Å². The van der Waals surface area contributed by atoms with Gasteiger partial charge in [0.25, 0.3) is 0 Å². The Balaban J connectivity index is 2.05. The largest absolute Gasteiger partial charge is 0.459 e. The molecule has 2 heterocycles. The van der Waals surface area contributed by atoms with Gasteiger partial charge in [-0.2, -0.15) is 0 Å². The van der Waals surface area contributed by atoms with Gasteiger partial charge in [-0.15, -0.1) is 0 Å². The summed E-state index contributed by atoms with van der Waals surface area (Å²) in [5.74, 6) is 0.868. The van der Waals surface area contributed by atoms with E-state index in [1.54, 1.807) is 18.6 Å². The van der Waals surface area contributed by atoms with E-state index < -0.39 is 0 Å². The fourth-order valence-corrected chi connectivity index (χ4v) is 2.34. The lowest BCUT2D eigenvalue weighted by atomic mass is 10.1. The van der Waals surface area contributed by atoms with Crippen molar-refractivity contribution < 1.29 is 4.42 Å². The first-order valence-corrected chi connectivity index (χ1v) is 6.77. The second-order valence-corrected chi connectivity index (χ2v) is 4.81. The number of nitrogens with one attached hydrogen (secondary N) is 1. The quantitative estimate of drug-likeness (QED) is 0.788. The minimum absolute atomic E-state index is 0.0681. The Morgan fingerprint density at radius 3 is 2.90 bits per heavy atom. The highest BCUT2D eigenvalue weighted by Crippen LogP contribution is 2.27. The molecule has 2 aromatic heterocycles. The van der Waals surface area contributed by atoms with Gasteiger partial charge in [0.15, 0.2) is 0 Å². The molecule has 3 aromatic rings. The summed E-state index contributed by atoms with van der Waals surface area (Å²) in [5.41, 5.74) is 2.99. The smallest absolute Gasteiger partial charge is 0.134 e. The van der Waals surface area contributed by atoms with Crippen LogP contribution in [-0.2, 0) is 0 Å². The van der Waals surface area contributed by atoms with E-state index in [1.165, 1.54) is 5.56 Å². The van der Waals surface area contributed by atoms with Crippen molar-refractivity contribution in [3.63, 3.8) is 0 Å². The third-order valence-corrected chi connectivity index (χ3v) is 3.26. The van der Waals surface area contributed by atoms with Gasteiger partial charge >= 0.3 is 0 Å². The molecule has 0 saturated carbocycles. The van der Waals surface area contributed by atoms with Crippen LogP contribution in [0.1, 0.15) is 30.0 Å². The van der Waals surface area contributed by atoms with Crippen molar-refractivity contribution >= 4 is 11.0 Å². The van der Waals surface area contributed by atoms with Crippen LogP contribution in [0.3, 0.4) is 0 Å². The van der Waals surface area contributed by atoms with Gasteiger partial charge in [-0.1, -0.05) is 18.6 Å². The first kappa shape index (κ1) is 12.8.